The lowest BCUT2D eigenvalue weighted by Crippen LogP contribution is -2.31. The van der Waals surface area contributed by atoms with E-state index >= 15 is 0 Å². The lowest BCUT2D eigenvalue weighted by Gasteiger charge is -2.12. The Kier molecular flexibility index (Phi) is 4.91. The van der Waals surface area contributed by atoms with Crippen LogP contribution in [0.5, 0.6) is 0 Å². The summed E-state index contributed by atoms with van der Waals surface area (Å²) in [5, 5.41) is 12.9. The fourth-order valence-corrected chi connectivity index (χ4v) is 5.99. The minimum absolute atomic E-state index is 0.0793. The smallest absolute Gasteiger partial charge is 0.262 e. The number of aryl methyl sites for hydroxylation is 2. The van der Waals surface area contributed by atoms with Gasteiger partial charge in [-0.2, -0.15) is 0 Å². The standard InChI is InChI=1S/C31H25N3O3/c35-18-8-16-34-30(36)26-24-20-11-4-6-13-22(20)32-28(24)29-25(27(26)31(34)37)21-12-5-7-14-23(21)33(29)17-15-19-9-2-1-3-10-19/h1-7,9-14,32,35H,8,15-18H2. The molecular weight excluding hydrogens is 462 g/mol. The molecule has 0 atom stereocenters. The van der Waals surface area contributed by atoms with Crippen LogP contribution in [0.2, 0.25) is 0 Å². The van der Waals surface area contributed by atoms with Crippen molar-refractivity contribution in [2.45, 2.75) is 19.4 Å². The lowest BCUT2D eigenvalue weighted by atomic mass is 9.97. The maximum atomic E-state index is 13.9. The van der Waals surface area contributed by atoms with Crippen molar-refractivity contribution >= 4 is 55.4 Å². The summed E-state index contributed by atoms with van der Waals surface area (Å²) in [6.45, 7) is 0.846. The first-order chi connectivity index (χ1) is 18.2. The molecule has 1 aliphatic heterocycles. The Balaban J connectivity index is 1.60. The second-order valence-electron chi connectivity index (χ2n) is 9.64. The number of aliphatic hydroxyl groups is 1. The summed E-state index contributed by atoms with van der Waals surface area (Å²) in [5.41, 5.74) is 5.98. The number of nitrogens with zero attached hydrogens (tertiary/aromatic N) is 2. The van der Waals surface area contributed by atoms with Crippen LogP contribution in [-0.4, -0.2) is 44.5 Å². The highest BCUT2D eigenvalue weighted by atomic mass is 16.3. The van der Waals surface area contributed by atoms with Crippen molar-refractivity contribution in [3.05, 3.63) is 95.6 Å². The molecule has 6 aromatic rings. The van der Waals surface area contributed by atoms with Gasteiger partial charge in [-0.05, 0) is 30.5 Å². The number of aliphatic hydroxyl groups excluding tert-OH is 1. The van der Waals surface area contributed by atoms with E-state index in [-0.39, 0.29) is 25.0 Å². The third-order valence-electron chi connectivity index (χ3n) is 7.59. The van der Waals surface area contributed by atoms with E-state index in [1.54, 1.807) is 0 Å². The van der Waals surface area contributed by atoms with Crippen LogP contribution in [0.1, 0.15) is 32.7 Å². The summed E-state index contributed by atoms with van der Waals surface area (Å²) in [4.78, 5) is 32.5. The number of carbonyl (C=O) groups is 2. The van der Waals surface area contributed by atoms with Gasteiger partial charge in [0.1, 0.15) is 0 Å². The van der Waals surface area contributed by atoms with Crippen molar-refractivity contribution < 1.29 is 14.7 Å². The molecule has 0 unspecified atom stereocenters. The van der Waals surface area contributed by atoms with Crippen molar-refractivity contribution in [3.8, 4) is 0 Å². The van der Waals surface area contributed by atoms with Crippen molar-refractivity contribution in [1.29, 1.82) is 0 Å². The number of aromatic amines is 1. The number of para-hydroxylation sites is 2. The van der Waals surface area contributed by atoms with E-state index < -0.39 is 0 Å². The third kappa shape index (κ3) is 3.09. The topological polar surface area (TPSA) is 78.3 Å². The van der Waals surface area contributed by atoms with Crippen molar-refractivity contribution in [1.82, 2.24) is 14.5 Å². The molecule has 0 bridgehead atoms. The summed E-state index contributed by atoms with van der Waals surface area (Å²) in [7, 11) is 0. The average molecular weight is 488 g/mol. The molecular formula is C31H25N3O3. The van der Waals surface area contributed by atoms with Crippen molar-refractivity contribution in [3.63, 3.8) is 0 Å². The molecule has 0 radical (unpaired) electrons. The fraction of sp³-hybridized carbons (Fsp3) is 0.161. The predicted octanol–water partition coefficient (Wildman–Crippen LogP) is 5.65. The zero-order valence-corrected chi connectivity index (χ0v) is 20.2. The molecule has 0 saturated carbocycles. The number of hydrogen-bond acceptors (Lipinski definition) is 3. The van der Waals surface area contributed by atoms with Gasteiger partial charge in [-0.1, -0.05) is 66.7 Å². The number of H-pyrrole nitrogens is 1. The van der Waals surface area contributed by atoms with Gasteiger partial charge < -0.3 is 14.7 Å². The molecule has 0 aliphatic carbocycles. The highest BCUT2D eigenvalue weighted by Crippen LogP contribution is 2.45. The SMILES string of the molecule is O=C1c2c(c3c4ccccc4n(CCc4ccccc4)c3c3[nH]c4ccccc4c23)C(=O)N1CCCO. The number of aromatic nitrogens is 2. The largest absolute Gasteiger partial charge is 0.396 e. The van der Waals surface area contributed by atoms with E-state index in [1.165, 1.54) is 10.5 Å². The van der Waals surface area contributed by atoms with Gasteiger partial charge in [0.15, 0.2) is 0 Å². The van der Waals surface area contributed by atoms with Crippen molar-refractivity contribution in [2.75, 3.05) is 13.2 Å². The number of imide groups is 1. The summed E-state index contributed by atoms with van der Waals surface area (Å²) < 4.78 is 2.30. The monoisotopic (exact) mass is 487 g/mol. The number of rotatable bonds is 6. The van der Waals surface area contributed by atoms with Crippen LogP contribution in [0.25, 0.3) is 43.6 Å². The molecule has 6 nitrogen and oxygen atoms in total. The Bertz CT molecular complexity index is 1860. The van der Waals surface area contributed by atoms with Crippen molar-refractivity contribution in [2.24, 2.45) is 0 Å². The quantitative estimate of drug-likeness (QED) is 0.298. The minimum Gasteiger partial charge on any atom is -0.396 e. The lowest BCUT2D eigenvalue weighted by molar-refractivity contribution is 0.0646. The second kappa shape index (κ2) is 8.32. The maximum absolute atomic E-state index is 13.9. The zero-order valence-electron chi connectivity index (χ0n) is 20.2. The maximum Gasteiger partial charge on any atom is 0.262 e. The van der Waals surface area contributed by atoms with Gasteiger partial charge in [-0.15, -0.1) is 0 Å². The molecule has 0 spiro atoms. The summed E-state index contributed by atoms with van der Waals surface area (Å²) >= 11 is 0. The first kappa shape index (κ1) is 21.8. The molecule has 37 heavy (non-hydrogen) atoms. The minimum atomic E-state index is -0.286. The highest BCUT2D eigenvalue weighted by molar-refractivity contribution is 6.39. The van der Waals surface area contributed by atoms with Crippen LogP contribution in [0.4, 0.5) is 0 Å². The number of hydrogen-bond donors (Lipinski definition) is 2. The number of nitrogens with one attached hydrogen (secondary N) is 1. The molecule has 2 amide bonds. The van der Waals surface area contributed by atoms with E-state index in [4.69, 9.17) is 0 Å². The third-order valence-corrected chi connectivity index (χ3v) is 7.59. The fourth-order valence-electron chi connectivity index (χ4n) is 5.99. The Hall–Kier alpha value is -4.42. The summed E-state index contributed by atoms with van der Waals surface area (Å²) in [6, 6.07) is 26.5. The van der Waals surface area contributed by atoms with Gasteiger partial charge in [0.05, 0.1) is 22.2 Å². The van der Waals surface area contributed by atoms with Gasteiger partial charge >= 0.3 is 0 Å². The molecule has 3 heterocycles. The number of amides is 2. The van der Waals surface area contributed by atoms with Gasteiger partial charge in [0.25, 0.3) is 11.8 Å². The Morgan fingerprint density at radius 1 is 0.730 bits per heavy atom. The van der Waals surface area contributed by atoms with Crippen LogP contribution in [0, 0.1) is 0 Å². The second-order valence-corrected chi connectivity index (χ2v) is 9.64. The molecule has 0 fully saturated rings. The van der Waals surface area contributed by atoms with Gasteiger partial charge in [-0.3, -0.25) is 14.5 Å². The molecule has 1 aliphatic rings. The van der Waals surface area contributed by atoms with Crippen LogP contribution in [0.15, 0.2) is 78.9 Å². The molecule has 2 N–H and O–H groups in total. The van der Waals surface area contributed by atoms with Crippen LogP contribution in [0.3, 0.4) is 0 Å². The molecule has 7 rings (SSSR count). The number of carbonyl (C=O) groups excluding carboxylic acids is 2. The summed E-state index contributed by atoms with van der Waals surface area (Å²) in [5.74, 6) is -0.567. The highest BCUT2D eigenvalue weighted by Gasteiger charge is 2.41. The van der Waals surface area contributed by atoms with Gasteiger partial charge in [0.2, 0.25) is 0 Å². The van der Waals surface area contributed by atoms with E-state index in [2.05, 4.69) is 39.9 Å². The zero-order chi connectivity index (χ0) is 25.1. The molecule has 4 aromatic carbocycles. The molecule has 6 heteroatoms. The average Bonchev–Trinajstić information content (AvgIpc) is 3.55. The van der Waals surface area contributed by atoms with Crippen LogP contribution in [-0.2, 0) is 13.0 Å². The molecule has 2 aromatic heterocycles. The number of benzene rings is 4. The van der Waals surface area contributed by atoms with E-state index in [0.717, 1.165) is 56.6 Å². The predicted molar refractivity (Wildman–Crippen MR) is 146 cm³/mol. The number of fused-ring (bicyclic) bond motifs is 10. The van der Waals surface area contributed by atoms with Crippen LogP contribution < -0.4 is 0 Å². The first-order valence-corrected chi connectivity index (χ1v) is 12.7. The molecule has 182 valence electrons. The summed E-state index contributed by atoms with van der Waals surface area (Å²) in [6.07, 6.45) is 1.19. The van der Waals surface area contributed by atoms with Gasteiger partial charge in [0, 0.05) is 52.3 Å². The van der Waals surface area contributed by atoms with E-state index in [9.17, 15) is 14.7 Å². The van der Waals surface area contributed by atoms with Crippen LogP contribution >= 0.6 is 0 Å². The van der Waals surface area contributed by atoms with Gasteiger partial charge in [-0.25, -0.2) is 0 Å². The van der Waals surface area contributed by atoms with E-state index in [0.29, 0.717) is 17.5 Å². The first-order valence-electron chi connectivity index (χ1n) is 12.7. The Morgan fingerprint density at radius 3 is 2.19 bits per heavy atom. The Labute approximate surface area is 212 Å². The van der Waals surface area contributed by atoms with E-state index in [1.807, 2.05) is 48.5 Å². The normalized spacial score (nSPS) is 13.6. The Morgan fingerprint density at radius 2 is 1.41 bits per heavy atom. The molecule has 0 saturated heterocycles.